The molecule has 1 aliphatic rings. The first-order chi connectivity index (χ1) is 12.8. The van der Waals surface area contributed by atoms with Crippen molar-refractivity contribution in [2.24, 2.45) is 10.9 Å². The van der Waals surface area contributed by atoms with Crippen LogP contribution in [-0.2, 0) is 13.1 Å². The SMILES string of the molecule is CCNC(=NCc1ccc(OCC2CC2)nc1)NCCCn1cccn1. The maximum absolute atomic E-state index is 5.67. The molecule has 0 spiro atoms. The molecule has 1 fully saturated rings. The molecule has 1 saturated carbocycles. The monoisotopic (exact) mass is 356 g/mol. The van der Waals surface area contributed by atoms with Gasteiger partial charge in [-0.25, -0.2) is 9.98 Å². The zero-order chi connectivity index (χ0) is 18.0. The Morgan fingerprint density at radius 1 is 1.35 bits per heavy atom. The number of rotatable bonds is 10. The van der Waals surface area contributed by atoms with Crippen molar-refractivity contribution >= 4 is 5.96 Å². The van der Waals surface area contributed by atoms with E-state index in [1.165, 1.54) is 12.8 Å². The van der Waals surface area contributed by atoms with Crippen LogP contribution in [0.4, 0.5) is 0 Å². The van der Waals surface area contributed by atoms with Crippen molar-refractivity contribution in [3.8, 4) is 5.88 Å². The van der Waals surface area contributed by atoms with Crippen LogP contribution in [0.15, 0.2) is 41.8 Å². The van der Waals surface area contributed by atoms with Gasteiger partial charge in [-0.1, -0.05) is 6.07 Å². The molecule has 1 aliphatic carbocycles. The summed E-state index contributed by atoms with van der Waals surface area (Å²) in [5, 5.41) is 10.8. The van der Waals surface area contributed by atoms with Crippen LogP contribution in [0.3, 0.4) is 0 Å². The van der Waals surface area contributed by atoms with E-state index in [2.05, 4.69) is 32.6 Å². The summed E-state index contributed by atoms with van der Waals surface area (Å²) < 4.78 is 7.60. The lowest BCUT2D eigenvalue weighted by molar-refractivity contribution is 0.288. The molecule has 0 aliphatic heterocycles. The highest BCUT2D eigenvalue weighted by Crippen LogP contribution is 2.29. The molecular formula is C19H28N6O. The Balaban J connectivity index is 1.41. The van der Waals surface area contributed by atoms with Gasteiger partial charge in [0.2, 0.25) is 5.88 Å². The molecule has 0 unspecified atom stereocenters. The number of hydrogen-bond donors (Lipinski definition) is 2. The van der Waals surface area contributed by atoms with Gasteiger partial charge in [-0.2, -0.15) is 5.10 Å². The maximum atomic E-state index is 5.67. The van der Waals surface area contributed by atoms with Crippen LogP contribution in [0.25, 0.3) is 0 Å². The van der Waals surface area contributed by atoms with E-state index < -0.39 is 0 Å². The van der Waals surface area contributed by atoms with E-state index in [4.69, 9.17) is 4.74 Å². The number of pyridine rings is 1. The molecule has 2 N–H and O–H groups in total. The van der Waals surface area contributed by atoms with Crippen LogP contribution in [0.2, 0.25) is 0 Å². The summed E-state index contributed by atoms with van der Waals surface area (Å²) in [4.78, 5) is 8.99. The second kappa shape index (κ2) is 9.79. The van der Waals surface area contributed by atoms with E-state index in [0.717, 1.165) is 50.1 Å². The number of aromatic nitrogens is 3. The first kappa shape index (κ1) is 18.2. The minimum absolute atomic E-state index is 0.588. The quantitative estimate of drug-likeness (QED) is 0.388. The van der Waals surface area contributed by atoms with Crippen LogP contribution in [0, 0.1) is 5.92 Å². The summed E-state index contributed by atoms with van der Waals surface area (Å²) >= 11 is 0. The van der Waals surface area contributed by atoms with E-state index in [-0.39, 0.29) is 0 Å². The minimum atomic E-state index is 0.588. The number of ether oxygens (including phenoxy) is 1. The third-order valence-corrected chi connectivity index (χ3v) is 4.14. The summed E-state index contributed by atoms with van der Waals surface area (Å²) in [7, 11) is 0. The van der Waals surface area contributed by atoms with Gasteiger partial charge in [0.1, 0.15) is 0 Å². The smallest absolute Gasteiger partial charge is 0.213 e. The van der Waals surface area contributed by atoms with Crippen molar-refractivity contribution in [3.63, 3.8) is 0 Å². The normalized spacial score (nSPS) is 14.3. The molecule has 0 bridgehead atoms. The second-order valence-electron chi connectivity index (χ2n) is 6.50. The summed E-state index contributed by atoms with van der Waals surface area (Å²) in [6, 6.07) is 5.90. The van der Waals surface area contributed by atoms with E-state index >= 15 is 0 Å². The highest BCUT2D eigenvalue weighted by molar-refractivity contribution is 5.79. The molecule has 0 aromatic carbocycles. The van der Waals surface area contributed by atoms with Crippen molar-refractivity contribution in [2.45, 2.75) is 39.3 Å². The fourth-order valence-electron chi connectivity index (χ4n) is 2.47. The van der Waals surface area contributed by atoms with Gasteiger partial charge in [-0.3, -0.25) is 4.68 Å². The minimum Gasteiger partial charge on any atom is -0.477 e. The summed E-state index contributed by atoms with van der Waals surface area (Å²) in [6.07, 6.45) is 9.18. The molecule has 2 aromatic heterocycles. The Morgan fingerprint density at radius 3 is 2.96 bits per heavy atom. The standard InChI is InChI=1S/C19H28N6O/c1-2-20-19(21-9-3-11-25-12-4-10-24-25)23-14-17-7-8-18(22-13-17)26-15-16-5-6-16/h4,7-8,10,12-13,16H,2-3,5-6,9,11,14-15H2,1H3,(H2,20,21,23). The van der Waals surface area contributed by atoms with Gasteiger partial charge in [0, 0.05) is 44.3 Å². The number of nitrogens with one attached hydrogen (secondary N) is 2. The van der Waals surface area contributed by atoms with Crippen LogP contribution in [0.1, 0.15) is 31.7 Å². The second-order valence-corrected chi connectivity index (χ2v) is 6.50. The fraction of sp³-hybridized carbons (Fsp3) is 0.526. The third-order valence-electron chi connectivity index (χ3n) is 4.14. The summed E-state index contributed by atoms with van der Waals surface area (Å²) in [6.45, 7) is 6.01. The molecule has 2 aromatic rings. The van der Waals surface area contributed by atoms with Gasteiger partial charge < -0.3 is 15.4 Å². The summed E-state index contributed by atoms with van der Waals surface area (Å²) in [5.74, 6) is 2.26. The summed E-state index contributed by atoms with van der Waals surface area (Å²) in [5.41, 5.74) is 1.07. The Bertz CT molecular complexity index is 664. The molecule has 2 heterocycles. The van der Waals surface area contributed by atoms with Gasteiger partial charge in [-0.15, -0.1) is 0 Å². The number of aliphatic imine (C=N–C) groups is 1. The van der Waals surface area contributed by atoms with E-state index in [9.17, 15) is 0 Å². The molecule has 7 heteroatoms. The molecule has 3 rings (SSSR count). The van der Waals surface area contributed by atoms with Crippen LogP contribution in [-0.4, -0.2) is 40.4 Å². The van der Waals surface area contributed by atoms with Gasteiger partial charge in [0.25, 0.3) is 0 Å². The van der Waals surface area contributed by atoms with Gasteiger partial charge >= 0.3 is 0 Å². The molecule has 0 radical (unpaired) electrons. The average Bonchev–Trinajstić information content (AvgIpc) is 3.35. The van der Waals surface area contributed by atoms with Crippen molar-refractivity contribution in [3.05, 3.63) is 42.4 Å². The third kappa shape index (κ3) is 6.38. The lowest BCUT2D eigenvalue weighted by Gasteiger charge is -2.11. The zero-order valence-electron chi connectivity index (χ0n) is 15.4. The van der Waals surface area contributed by atoms with Crippen molar-refractivity contribution in [2.75, 3.05) is 19.7 Å². The fourth-order valence-corrected chi connectivity index (χ4v) is 2.47. The lowest BCUT2D eigenvalue weighted by atomic mass is 10.3. The van der Waals surface area contributed by atoms with Crippen LogP contribution >= 0.6 is 0 Å². The zero-order valence-corrected chi connectivity index (χ0v) is 15.4. The molecule has 0 saturated heterocycles. The first-order valence-corrected chi connectivity index (χ1v) is 9.41. The number of nitrogens with zero attached hydrogens (tertiary/aromatic N) is 4. The van der Waals surface area contributed by atoms with Gasteiger partial charge in [0.05, 0.1) is 13.2 Å². The number of guanidine groups is 1. The van der Waals surface area contributed by atoms with Gasteiger partial charge in [-0.05, 0) is 43.7 Å². The molecule has 0 amide bonds. The van der Waals surface area contributed by atoms with E-state index in [0.29, 0.717) is 12.4 Å². The predicted octanol–water partition coefficient (Wildman–Crippen LogP) is 2.21. The van der Waals surface area contributed by atoms with Crippen LogP contribution < -0.4 is 15.4 Å². The Labute approximate surface area is 154 Å². The van der Waals surface area contributed by atoms with E-state index in [1.807, 2.05) is 35.3 Å². The van der Waals surface area contributed by atoms with Gasteiger partial charge in [0.15, 0.2) is 5.96 Å². The Kier molecular flexibility index (Phi) is 6.87. The molecule has 26 heavy (non-hydrogen) atoms. The maximum Gasteiger partial charge on any atom is 0.213 e. The molecular weight excluding hydrogens is 328 g/mol. The van der Waals surface area contributed by atoms with E-state index in [1.54, 1.807) is 6.20 Å². The number of aryl methyl sites for hydroxylation is 1. The molecule has 0 atom stereocenters. The largest absolute Gasteiger partial charge is 0.477 e. The molecule has 7 nitrogen and oxygen atoms in total. The Hall–Kier alpha value is -2.57. The highest BCUT2D eigenvalue weighted by atomic mass is 16.5. The topological polar surface area (TPSA) is 76.4 Å². The van der Waals surface area contributed by atoms with Crippen molar-refractivity contribution in [1.29, 1.82) is 0 Å². The first-order valence-electron chi connectivity index (χ1n) is 9.41. The molecule has 140 valence electrons. The predicted molar refractivity (Wildman–Crippen MR) is 102 cm³/mol. The lowest BCUT2D eigenvalue weighted by Crippen LogP contribution is -2.38. The van der Waals surface area contributed by atoms with Crippen molar-refractivity contribution in [1.82, 2.24) is 25.4 Å². The number of hydrogen-bond acceptors (Lipinski definition) is 4. The highest BCUT2D eigenvalue weighted by Gasteiger charge is 2.21. The van der Waals surface area contributed by atoms with Crippen molar-refractivity contribution < 1.29 is 4.74 Å². The Morgan fingerprint density at radius 2 is 2.27 bits per heavy atom. The average molecular weight is 356 g/mol. The van der Waals surface area contributed by atoms with Crippen LogP contribution in [0.5, 0.6) is 5.88 Å².